The summed E-state index contributed by atoms with van der Waals surface area (Å²) in [6.07, 6.45) is 7.20. The van der Waals surface area contributed by atoms with E-state index in [0.717, 1.165) is 46.2 Å². The standard InChI is InChI=1S/C24H30N2O3/c1-6-7-10-26-14-20(18-8-9-25-13-19(18)23(26)28)16-11-17(15-27)22(24(2,3)4)21(12-16)29-5/h8-9,11-14,27H,6-7,10,15H2,1-5H3. The second-order valence-corrected chi connectivity index (χ2v) is 8.44. The molecule has 0 bridgehead atoms. The molecule has 0 unspecified atom stereocenters. The van der Waals surface area contributed by atoms with Crippen molar-refractivity contribution in [3.63, 3.8) is 0 Å². The fourth-order valence-electron chi connectivity index (χ4n) is 3.93. The molecule has 0 atom stereocenters. The third-order valence-corrected chi connectivity index (χ3v) is 5.28. The number of aliphatic hydroxyl groups excluding tert-OH is 1. The summed E-state index contributed by atoms with van der Waals surface area (Å²) in [5, 5.41) is 11.5. The van der Waals surface area contributed by atoms with E-state index in [1.807, 2.05) is 24.4 Å². The predicted octanol–water partition coefficient (Wildman–Crippen LogP) is 4.66. The second kappa shape index (κ2) is 8.37. The van der Waals surface area contributed by atoms with Gasteiger partial charge in [-0.25, -0.2) is 0 Å². The minimum atomic E-state index is -0.173. The molecule has 1 aromatic carbocycles. The number of unbranched alkanes of at least 4 members (excludes halogenated alkanes) is 1. The van der Waals surface area contributed by atoms with Gasteiger partial charge in [0.2, 0.25) is 0 Å². The van der Waals surface area contributed by atoms with Crippen LogP contribution in [-0.4, -0.2) is 21.8 Å². The number of ether oxygens (including phenoxy) is 1. The van der Waals surface area contributed by atoms with Gasteiger partial charge in [-0.15, -0.1) is 0 Å². The lowest BCUT2D eigenvalue weighted by atomic mass is 9.81. The van der Waals surface area contributed by atoms with Gasteiger partial charge in [-0.3, -0.25) is 9.78 Å². The van der Waals surface area contributed by atoms with Gasteiger partial charge in [-0.1, -0.05) is 34.1 Å². The van der Waals surface area contributed by atoms with E-state index in [4.69, 9.17) is 4.74 Å². The maximum absolute atomic E-state index is 12.9. The van der Waals surface area contributed by atoms with Crippen LogP contribution in [0, 0.1) is 0 Å². The van der Waals surface area contributed by atoms with Crippen molar-refractivity contribution in [3.8, 4) is 16.9 Å². The first-order valence-corrected chi connectivity index (χ1v) is 10.1. The molecule has 3 aromatic rings. The highest BCUT2D eigenvalue weighted by Gasteiger charge is 2.24. The van der Waals surface area contributed by atoms with Gasteiger partial charge < -0.3 is 14.4 Å². The van der Waals surface area contributed by atoms with Gasteiger partial charge in [0.1, 0.15) is 5.75 Å². The minimum absolute atomic E-state index is 0.0223. The first-order chi connectivity index (χ1) is 13.8. The van der Waals surface area contributed by atoms with Crippen molar-refractivity contribution in [1.29, 1.82) is 0 Å². The van der Waals surface area contributed by atoms with Gasteiger partial charge >= 0.3 is 0 Å². The molecule has 0 aliphatic heterocycles. The molecular weight excluding hydrogens is 364 g/mol. The largest absolute Gasteiger partial charge is 0.496 e. The number of fused-ring (bicyclic) bond motifs is 1. The lowest BCUT2D eigenvalue weighted by molar-refractivity contribution is 0.276. The Morgan fingerprint density at radius 1 is 1.21 bits per heavy atom. The van der Waals surface area contributed by atoms with Crippen molar-refractivity contribution in [3.05, 3.63) is 58.3 Å². The smallest absolute Gasteiger partial charge is 0.260 e. The summed E-state index contributed by atoms with van der Waals surface area (Å²) in [7, 11) is 1.65. The molecule has 0 saturated heterocycles. The fourth-order valence-corrected chi connectivity index (χ4v) is 3.93. The third kappa shape index (κ3) is 4.06. The number of hydrogen-bond acceptors (Lipinski definition) is 4. The van der Waals surface area contributed by atoms with E-state index in [-0.39, 0.29) is 17.6 Å². The molecule has 3 rings (SSSR count). The molecule has 1 N–H and O–H groups in total. The van der Waals surface area contributed by atoms with Crippen LogP contribution in [0.3, 0.4) is 0 Å². The van der Waals surface area contributed by atoms with Gasteiger partial charge in [0.25, 0.3) is 5.56 Å². The van der Waals surface area contributed by atoms with Crippen LogP contribution in [0.1, 0.15) is 51.7 Å². The van der Waals surface area contributed by atoms with Crippen molar-refractivity contribution in [2.24, 2.45) is 0 Å². The Labute approximate surface area is 172 Å². The van der Waals surface area contributed by atoms with E-state index >= 15 is 0 Å². The van der Waals surface area contributed by atoms with Crippen LogP contribution >= 0.6 is 0 Å². The molecule has 2 heterocycles. The molecule has 29 heavy (non-hydrogen) atoms. The van der Waals surface area contributed by atoms with Gasteiger partial charge in [0.05, 0.1) is 19.1 Å². The number of pyridine rings is 2. The van der Waals surface area contributed by atoms with E-state index in [9.17, 15) is 9.90 Å². The fraction of sp³-hybridized carbons (Fsp3) is 0.417. The van der Waals surface area contributed by atoms with E-state index < -0.39 is 0 Å². The molecule has 0 amide bonds. The maximum Gasteiger partial charge on any atom is 0.260 e. The predicted molar refractivity (Wildman–Crippen MR) is 118 cm³/mol. The van der Waals surface area contributed by atoms with E-state index in [1.165, 1.54) is 0 Å². The summed E-state index contributed by atoms with van der Waals surface area (Å²) in [6.45, 7) is 9.02. The van der Waals surface area contributed by atoms with E-state index in [1.54, 1.807) is 24.1 Å². The summed E-state index contributed by atoms with van der Waals surface area (Å²) in [5.74, 6) is 0.743. The van der Waals surface area contributed by atoms with Crippen molar-refractivity contribution in [2.45, 2.75) is 59.1 Å². The number of rotatable bonds is 6. The molecule has 154 valence electrons. The molecule has 0 aliphatic rings. The topological polar surface area (TPSA) is 64.3 Å². The number of aryl methyl sites for hydroxylation is 1. The number of methoxy groups -OCH3 is 1. The van der Waals surface area contributed by atoms with Gasteiger partial charge in [0.15, 0.2) is 0 Å². The van der Waals surface area contributed by atoms with Crippen LogP contribution in [0.4, 0.5) is 0 Å². The molecular formula is C24H30N2O3. The third-order valence-electron chi connectivity index (χ3n) is 5.28. The Hall–Kier alpha value is -2.66. The van der Waals surface area contributed by atoms with Crippen LogP contribution in [0.5, 0.6) is 5.75 Å². The summed E-state index contributed by atoms with van der Waals surface area (Å²) in [5.41, 5.74) is 3.49. The summed E-state index contributed by atoms with van der Waals surface area (Å²) >= 11 is 0. The second-order valence-electron chi connectivity index (χ2n) is 8.44. The highest BCUT2D eigenvalue weighted by Crippen LogP contribution is 2.39. The first kappa shape index (κ1) is 21.1. The quantitative estimate of drug-likeness (QED) is 0.660. The number of benzene rings is 1. The van der Waals surface area contributed by atoms with Crippen LogP contribution in [0.25, 0.3) is 21.9 Å². The van der Waals surface area contributed by atoms with Crippen LogP contribution in [-0.2, 0) is 18.6 Å². The Bertz CT molecular complexity index is 1050. The van der Waals surface area contributed by atoms with E-state index in [0.29, 0.717) is 11.9 Å². The lowest BCUT2D eigenvalue weighted by Gasteiger charge is -2.26. The van der Waals surface area contributed by atoms with Gasteiger partial charge in [0, 0.05) is 36.3 Å². The average Bonchev–Trinajstić information content (AvgIpc) is 2.71. The zero-order chi connectivity index (χ0) is 21.2. The molecule has 0 fully saturated rings. The molecule has 5 nitrogen and oxygen atoms in total. The van der Waals surface area contributed by atoms with Crippen molar-refractivity contribution in [2.75, 3.05) is 7.11 Å². The Balaban J connectivity index is 2.33. The molecule has 0 radical (unpaired) electrons. The monoisotopic (exact) mass is 394 g/mol. The average molecular weight is 395 g/mol. The van der Waals surface area contributed by atoms with E-state index in [2.05, 4.69) is 32.7 Å². The molecule has 0 spiro atoms. The number of nitrogens with zero attached hydrogens (tertiary/aromatic N) is 2. The van der Waals surface area contributed by atoms with Gasteiger partial charge in [-0.05, 0) is 46.5 Å². The molecule has 0 aliphatic carbocycles. The zero-order valence-corrected chi connectivity index (χ0v) is 18.0. The normalized spacial score (nSPS) is 11.8. The Morgan fingerprint density at radius 2 is 1.97 bits per heavy atom. The van der Waals surface area contributed by atoms with Crippen molar-refractivity contribution in [1.82, 2.24) is 9.55 Å². The van der Waals surface area contributed by atoms with Crippen molar-refractivity contribution >= 4 is 10.8 Å². The molecule has 0 saturated carbocycles. The molecule has 5 heteroatoms. The SMILES string of the molecule is CCCCn1cc(-c2cc(CO)c(C(C)(C)C)c(OC)c2)c2ccncc2c1=O. The maximum atomic E-state index is 12.9. The number of aliphatic hydroxyl groups is 1. The first-order valence-electron chi connectivity index (χ1n) is 10.1. The van der Waals surface area contributed by atoms with Gasteiger partial charge in [-0.2, -0.15) is 0 Å². The van der Waals surface area contributed by atoms with Crippen LogP contribution < -0.4 is 10.3 Å². The summed E-state index contributed by atoms with van der Waals surface area (Å²) < 4.78 is 7.48. The Morgan fingerprint density at radius 3 is 2.59 bits per heavy atom. The zero-order valence-electron chi connectivity index (χ0n) is 18.0. The number of aromatic nitrogens is 2. The number of hydrogen-bond donors (Lipinski definition) is 1. The minimum Gasteiger partial charge on any atom is -0.496 e. The summed E-state index contributed by atoms with van der Waals surface area (Å²) in [4.78, 5) is 17.1. The van der Waals surface area contributed by atoms with Crippen LogP contribution in [0.15, 0.2) is 41.6 Å². The summed E-state index contributed by atoms with van der Waals surface area (Å²) in [6, 6.07) is 5.88. The van der Waals surface area contributed by atoms with Crippen LogP contribution in [0.2, 0.25) is 0 Å². The van der Waals surface area contributed by atoms with Crippen molar-refractivity contribution < 1.29 is 9.84 Å². The lowest BCUT2D eigenvalue weighted by Crippen LogP contribution is -2.20. The Kier molecular flexibility index (Phi) is 6.08. The highest BCUT2D eigenvalue weighted by molar-refractivity contribution is 5.95. The highest BCUT2D eigenvalue weighted by atomic mass is 16.5. The molecule has 2 aromatic heterocycles.